The minimum absolute atomic E-state index is 0.137. The summed E-state index contributed by atoms with van der Waals surface area (Å²) in [4.78, 5) is 4.61. The number of aliphatic hydroxyl groups is 1. The fourth-order valence-electron chi connectivity index (χ4n) is 3.04. The molecule has 22 heavy (non-hydrogen) atoms. The first kappa shape index (κ1) is 17.1. The van der Waals surface area contributed by atoms with Crippen LogP contribution in [-0.4, -0.2) is 66.0 Å². The molecule has 1 aliphatic heterocycles. The van der Waals surface area contributed by atoms with Crippen LogP contribution in [0.2, 0.25) is 0 Å². The van der Waals surface area contributed by atoms with Gasteiger partial charge in [0.25, 0.3) is 0 Å². The van der Waals surface area contributed by atoms with E-state index in [4.69, 9.17) is 4.74 Å². The molecule has 0 radical (unpaired) electrons. The van der Waals surface area contributed by atoms with E-state index in [-0.39, 0.29) is 6.61 Å². The van der Waals surface area contributed by atoms with Crippen molar-refractivity contribution in [2.45, 2.75) is 32.4 Å². The Balaban J connectivity index is 2.08. The first-order chi connectivity index (χ1) is 10.6. The van der Waals surface area contributed by atoms with E-state index in [1.165, 1.54) is 0 Å². The summed E-state index contributed by atoms with van der Waals surface area (Å²) in [6, 6.07) is 5.83. The average molecular weight is 308 g/mol. The molecule has 1 aromatic carbocycles. The van der Waals surface area contributed by atoms with Gasteiger partial charge in [-0.15, -0.1) is 0 Å². The Hall–Kier alpha value is -1.30. The highest BCUT2D eigenvalue weighted by molar-refractivity contribution is 5.39. The van der Waals surface area contributed by atoms with Crippen molar-refractivity contribution in [3.05, 3.63) is 23.8 Å². The molecule has 2 rings (SSSR count). The predicted octanol–water partition coefficient (Wildman–Crippen LogP) is 1.68. The van der Waals surface area contributed by atoms with Gasteiger partial charge in [-0.05, 0) is 58.1 Å². The number of piperidine rings is 1. The van der Waals surface area contributed by atoms with Crippen LogP contribution in [0.3, 0.4) is 0 Å². The summed E-state index contributed by atoms with van der Waals surface area (Å²) in [6.07, 6.45) is 2.20. The molecule has 5 nitrogen and oxygen atoms in total. The predicted molar refractivity (Wildman–Crippen MR) is 87.3 cm³/mol. The normalized spacial score (nSPS) is 17.1. The van der Waals surface area contributed by atoms with Crippen LogP contribution in [0.5, 0.6) is 11.5 Å². The third kappa shape index (κ3) is 4.60. The van der Waals surface area contributed by atoms with Gasteiger partial charge in [-0.25, -0.2) is 0 Å². The number of phenols is 1. The number of nitrogens with zero attached hydrogens (tertiary/aromatic N) is 2. The minimum Gasteiger partial charge on any atom is -0.508 e. The van der Waals surface area contributed by atoms with E-state index in [0.29, 0.717) is 31.5 Å². The molecule has 1 aromatic rings. The number of rotatable bonds is 7. The summed E-state index contributed by atoms with van der Waals surface area (Å²) in [5.74, 6) is 1.07. The Morgan fingerprint density at radius 2 is 2.05 bits per heavy atom. The molecule has 0 aliphatic carbocycles. The van der Waals surface area contributed by atoms with E-state index < -0.39 is 0 Å². The summed E-state index contributed by atoms with van der Waals surface area (Å²) in [5, 5.41) is 19.5. The van der Waals surface area contributed by atoms with Crippen molar-refractivity contribution in [3.63, 3.8) is 0 Å². The van der Waals surface area contributed by atoms with Crippen LogP contribution in [0.4, 0.5) is 0 Å². The highest BCUT2D eigenvalue weighted by Gasteiger charge is 2.23. The van der Waals surface area contributed by atoms with Crippen LogP contribution in [0, 0.1) is 0 Å². The number of aromatic hydroxyl groups is 1. The van der Waals surface area contributed by atoms with Crippen LogP contribution < -0.4 is 4.74 Å². The molecule has 2 N–H and O–H groups in total. The molecule has 0 spiro atoms. The lowest BCUT2D eigenvalue weighted by molar-refractivity contribution is 0.0934. The molecule has 0 aromatic heterocycles. The van der Waals surface area contributed by atoms with Crippen LogP contribution in [0.15, 0.2) is 18.2 Å². The third-order valence-electron chi connectivity index (χ3n) is 4.33. The first-order valence-electron chi connectivity index (χ1n) is 8.12. The van der Waals surface area contributed by atoms with Gasteiger partial charge in [-0.3, -0.25) is 4.90 Å². The standard InChI is InChI=1S/C17H28N2O3/c1-3-22-16-4-5-17(21)14(12-16)13-19(10-11-20)15-6-8-18(2)9-7-15/h4-5,12,15,20-21H,3,6-11,13H2,1-2H3. The average Bonchev–Trinajstić information content (AvgIpc) is 2.51. The quantitative estimate of drug-likeness (QED) is 0.803. The summed E-state index contributed by atoms with van der Waals surface area (Å²) in [5.41, 5.74) is 0.860. The van der Waals surface area contributed by atoms with Crippen molar-refractivity contribution in [1.29, 1.82) is 0 Å². The maximum absolute atomic E-state index is 10.1. The van der Waals surface area contributed by atoms with E-state index in [1.54, 1.807) is 12.1 Å². The molecule has 5 heteroatoms. The maximum Gasteiger partial charge on any atom is 0.120 e. The lowest BCUT2D eigenvalue weighted by Crippen LogP contribution is -2.44. The monoisotopic (exact) mass is 308 g/mol. The molecular formula is C17H28N2O3. The Labute approximate surface area is 133 Å². The van der Waals surface area contributed by atoms with Crippen LogP contribution in [0.25, 0.3) is 0 Å². The molecule has 0 saturated carbocycles. The molecule has 1 aliphatic rings. The van der Waals surface area contributed by atoms with Crippen LogP contribution >= 0.6 is 0 Å². The van der Waals surface area contributed by atoms with Crippen LogP contribution in [0.1, 0.15) is 25.3 Å². The summed E-state index contributed by atoms with van der Waals surface area (Å²) in [6.45, 7) is 6.13. The van der Waals surface area contributed by atoms with Crippen molar-refractivity contribution < 1.29 is 14.9 Å². The zero-order valence-corrected chi connectivity index (χ0v) is 13.7. The fourth-order valence-corrected chi connectivity index (χ4v) is 3.04. The molecule has 1 saturated heterocycles. The number of likely N-dealkylation sites (tertiary alicyclic amines) is 1. The Morgan fingerprint density at radius 1 is 1.32 bits per heavy atom. The van der Waals surface area contributed by atoms with Crippen molar-refractivity contribution in [2.75, 3.05) is 39.9 Å². The van der Waals surface area contributed by atoms with Crippen LogP contribution in [-0.2, 0) is 6.54 Å². The van der Waals surface area contributed by atoms with Gasteiger partial charge in [-0.2, -0.15) is 0 Å². The molecule has 0 atom stereocenters. The summed E-state index contributed by atoms with van der Waals surface area (Å²) >= 11 is 0. The van der Waals surface area contributed by atoms with Gasteiger partial charge in [0.2, 0.25) is 0 Å². The number of aliphatic hydroxyl groups excluding tert-OH is 1. The molecule has 0 unspecified atom stereocenters. The number of hydrogen-bond donors (Lipinski definition) is 2. The zero-order chi connectivity index (χ0) is 15.9. The second-order valence-electron chi connectivity index (χ2n) is 5.95. The van der Waals surface area contributed by atoms with Gasteiger partial charge < -0.3 is 19.8 Å². The van der Waals surface area contributed by atoms with E-state index in [9.17, 15) is 10.2 Å². The smallest absolute Gasteiger partial charge is 0.120 e. The number of ether oxygens (including phenoxy) is 1. The molecule has 1 fully saturated rings. The lowest BCUT2D eigenvalue weighted by Gasteiger charge is -2.37. The SMILES string of the molecule is CCOc1ccc(O)c(CN(CCO)C2CCN(C)CC2)c1. The van der Waals surface area contributed by atoms with Gasteiger partial charge in [0, 0.05) is 24.7 Å². The molecule has 124 valence electrons. The largest absolute Gasteiger partial charge is 0.508 e. The van der Waals surface area contributed by atoms with E-state index in [1.807, 2.05) is 13.0 Å². The zero-order valence-electron chi connectivity index (χ0n) is 13.7. The molecule has 0 bridgehead atoms. The highest BCUT2D eigenvalue weighted by atomic mass is 16.5. The van der Waals surface area contributed by atoms with E-state index >= 15 is 0 Å². The third-order valence-corrected chi connectivity index (χ3v) is 4.33. The van der Waals surface area contributed by atoms with Crippen molar-refractivity contribution in [2.24, 2.45) is 0 Å². The second kappa shape index (κ2) is 8.36. The first-order valence-corrected chi connectivity index (χ1v) is 8.12. The van der Waals surface area contributed by atoms with Gasteiger partial charge >= 0.3 is 0 Å². The maximum atomic E-state index is 10.1. The van der Waals surface area contributed by atoms with E-state index in [0.717, 1.165) is 37.2 Å². The van der Waals surface area contributed by atoms with Gasteiger partial charge in [0.1, 0.15) is 11.5 Å². The summed E-state index contributed by atoms with van der Waals surface area (Å²) in [7, 11) is 2.14. The van der Waals surface area contributed by atoms with Gasteiger partial charge in [0.15, 0.2) is 0 Å². The highest BCUT2D eigenvalue weighted by Crippen LogP contribution is 2.26. The van der Waals surface area contributed by atoms with Gasteiger partial charge in [-0.1, -0.05) is 0 Å². The number of hydrogen-bond acceptors (Lipinski definition) is 5. The van der Waals surface area contributed by atoms with E-state index in [2.05, 4.69) is 16.8 Å². The second-order valence-corrected chi connectivity index (χ2v) is 5.95. The Bertz CT molecular complexity index is 459. The number of benzene rings is 1. The van der Waals surface area contributed by atoms with Crippen molar-refractivity contribution >= 4 is 0 Å². The molecule has 1 heterocycles. The van der Waals surface area contributed by atoms with Crippen molar-refractivity contribution in [3.8, 4) is 11.5 Å². The fraction of sp³-hybridized carbons (Fsp3) is 0.647. The van der Waals surface area contributed by atoms with Gasteiger partial charge in [0.05, 0.1) is 13.2 Å². The topological polar surface area (TPSA) is 56.2 Å². The number of phenolic OH excluding ortho intramolecular Hbond substituents is 1. The lowest BCUT2D eigenvalue weighted by atomic mass is 10.0. The Morgan fingerprint density at radius 3 is 2.68 bits per heavy atom. The van der Waals surface area contributed by atoms with Crippen molar-refractivity contribution in [1.82, 2.24) is 9.80 Å². The summed E-state index contributed by atoms with van der Waals surface area (Å²) < 4.78 is 5.52. The molecule has 0 amide bonds. The Kier molecular flexibility index (Phi) is 6.49. The molecular weight excluding hydrogens is 280 g/mol. The minimum atomic E-state index is 0.137.